The molecule has 56 heavy (non-hydrogen) atoms. The Kier molecular flexibility index (Phi) is 31.4. The largest absolute Gasteiger partial charge is 0.472 e. The quantitative estimate of drug-likeness (QED) is 0.0279. The lowest BCUT2D eigenvalue weighted by atomic mass is 9.98. The summed E-state index contributed by atoms with van der Waals surface area (Å²) in [5, 5.41) is 8.61. The van der Waals surface area contributed by atoms with Crippen LogP contribution in [0.2, 0.25) is 0 Å². The number of phosphoric acid groups is 1. The fourth-order valence-corrected chi connectivity index (χ4v) is 7.59. The van der Waals surface area contributed by atoms with Crippen molar-refractivity contribution in [1.29, 1.82) is 0 Å². The van der Waals surface area contributed by atoms with Crippen molar-refractivity contribution < 1.29 is 42.1 Å². The third-order valence-corrected chi connectivity index (χ3v) is 11.7. The minimum Gasteiger partial charge on any atom is -0.462 e. The van der Waals surface area contributed by atoms with Crippen LogP contribution >= 0.6 is 7.82 Å². The van der Waals surface area contributed by atoms with Crippen LogP contribution in [0.1, 0.15) is 213 Å². The summed E-state index contributed by atoms with van der Waals surface area (Å²) < 4.78 is 34.4. The molecule has 1 rings (SSSR count). The third kappa shape index (κ3) is 33.6. The Morgan fingerprint density at radius 3 is 1.43 bits per heavy atom. The van der Waals surface area contributed by atoms with Crippen LogP contribution in [0.3, 0.4) is 0 Å². The van der Waals surface area contributed by atoms with E-state index in [4.69, 9.17) is 18.5 Å². The molecule has 12 heteroatoms. The van der Waals surface area contributed by atoms with Crippen LogP contribution in [0.25, 0.3) is 0 Å². The average molecular weight is 817 g/mol. The van der Waals surface area contributed by atoms with Crippen LogP contribution in [0, 0.1) is 0 Å². The maximum atomic E-state index is 12.7. The lowest BCUT2D eigenvalue weighted by Crippen LogP contribution is -2.37. The number of hydrogen-bond acceptors (Lipinski definition) is 9. The van der Waals surface area contributed by atoms with Gasteiger partial charge in [0.05, 0.1) is 27.7 Å². The molecule has 2 atom stereocenters. The smallest absolute Gasteiger partial charge is 0.462 e. The lowest BCUT2D eigenvalue weighted by Gasteiger charge is -2.24. The maximum Gasteiger partial charge on any atom is 0.472 e. The van der Waals surface area contributed by atoms with Gasteiger partial charge in [-0.25, -0.2) is 4.57 Å². The number of likely N-dealkylation sites (N-methyl/N-ethyl adjacent to an activating group) is 1. The second-order valence-electron chi connectivity index (χ2n) is 17.4. The van der Waals surface area contributed by atoms with Gasteiger partial charge in [0, 0.05) is 12.8 Å². The Hall–Kier alpha value is -1.39. The summed E-state index contributed by atoms with van der Waals surface area (Å²) in [7, 11) is 1.47. The monoisotopic (exact) mass is 817 g/mol. The molecule has 0 spiro atoms. The molecule has 2 unspecified atom stereocenters. The molecule has 330 valence electrons. The van der Waals surface area contributed by atoms with Crippen LogP contribution in [0.15, 0.2) is 10.2 Å². The highest BCUT2D eigenvalue weighted by Gasteiger charge is 2.38. The first-order valence-corrected chi connectivity index (χ1v) is 24.6. The van der Waals surface area contributed by atoms with E-state index < -0.39 is 26.5 Å². The molecule has 0 radical (unpaired) electrons. The predicted octanol–water partition coefficient (Wildman–Crippen LogP) is 12.6. The number of carbonyl (C=O) groups is 2. The van der Waals surface area contributed by atoms with Crippen molar-refractivity contribution in [1.82, 2.24) is 0 Å². The number of hydrogen-bond donors (Lipinski definition) is 1. The van der Waals surface area contributed by atoms with Crippen molar-refractivity contribution in [2.75, 3.05) is 47.5 Å². The minimum atomic E-state index is -4.38. The van der Waals surface area contributed by atoms with Gasteiger partial charge in [-0.3, -0.25) is 18.6 Å². The Bertz CT molecular complexity index is 1050. The Labute approximate surface area is 343 Å². The van der Waals surface area contributed by atoms with E-state index >= 15 is 0 Å². The van der Waals surface area contributed by atoms with E-state index in [-0.39, 0.29) is 31.3 Å². The van der Waals surface area contributed by atoms with Crippen LogP contribution in [0.5, 0.6) is 0 Å². The standard InChI is InChI=1S/C44H86N3O8P/c1-6-8-10-11-12-13-14-15-16-17-18-21-24-27-30-33-42(48)52-39-41(40-54-56(50,51)53-38-37-47(3,4)5)55-43(49)34-31-28-25-22-19-20-23-26-29-32-36-44(45-46-44)35-9-7-2/h41H,6-40H2,1-5H3/p+1. The summed E-state index contributed by atoms with van der Waals surface area (Å²) in [5.41, 5.74) is -0.0152. The average Bonchev–Trinajstić information content (AvgIpc) is 3.92. The molecule has 0 saturated heterocycles. The summed E-state index contributed by atoms with van der Waals surface area (Å²) in [5.74, 6) is -0.799. The van der Waals surface area contributed by atoms with E-state index in [1.807, 2.05) is 21.1 Å². The molecular formula is C44H87N3O8P+. The fraction of sp³-hybridized carbons (Fsp3) is 0.955. The first-order chi connectivity index (χ1) is 26.9. The van der Waals surface area contributed by atoms with Gasteiger partial charge in [0.1, 0.15) is 19.8 Å². The number of unbranched alkanes of at least 4 members (excludes halogenated alkanes) is 24. The first-order valence-electron chi connectivity index (χ1n) is 23.1. The summed E-state index contributed by atoms with van der Waals surface area (Å²) in [6.45, 7) is 4.39. The minimum absolute atomic E-state index is 0.0152. The van der Waals surface area contributed by atoms with Crippen molar-refractivity contribution in [2.45, 2.75) is 225 Å². The first kappa shape index (κ1) is 52.6. The lowest BCUT2D eigenvalue weighted by molar-refractivity contribution is -0.870. The van der Waals surface area contributed by atoms with E-state index in [1.165, 1.54) is 128 Å². The van der Waals surface area contributed by atoms with Gasteiger partial charge in [0.2, 0.25) is 0 Å². The van der Waals surface area contributed by atoms with Crippen LogP contribution in [0.4, 0.5) is 0 Å². The van der Waals surface area contributed by atoms with E-state index in [0.29, 0.717) is 23.9 Å². The topological polar surface area (TPSA) is 133 Å². The zero-order valence-corrected chi connectivity index (χ0v) is 37.8. The second kappa shape index (κ2) is 33.4. The molecular weight excluding hydrogens is 729 g/mol. The number of phosphoric ester groups is 1. The molecule has 1 aliphatic rings. The van der Waals surface area contributed by atoms with Gasteiger partial charge in [-0.05, 0) is 38.5 Å². The Morgan fingerprint density at radius 2 is 0.982 bits per heavy atom. The molecule has 0 aromatic carbocycles. The summed E-state index contributed by atoms with van der Waals surface area (Å²) in [6.07, 6.45) is 34.3. The molecule has 0 bridgehead atoms. The summed E-state index contributed by atoms with van der Waals surface area (Å²) >= 11 is 0. The van der Waals surface area contributed by atoms with Crippen molar-refractivity contribution in [3.8, 4) is 0 Å². The SMILES string of the molecule is CCCCCCCCCCCCCCCCCC(=O)OCC(COP(=O)(O)OCC[N+](C)(C)C)OC(=O)CCCCCCCCCCCCC1(CCCC)N=N1. The van der Waals surface area contributed by atoms with E-state index in [9.17, 15) is 19.0 Å². The molecule has 11 nitrogen and oxygen atoms in total. The molecule has 1 heterocycles. The van der Waals surface area contributed by atoms with Gasteiger partial charge in [0.25, 0.3) is 0 Å². The highest BCUT2D eigenvalue weighted by atomic mass is 31.2. The maximum absolute atomic E-state index is 12.7. The van der Waals surface area contributed by atoms with E-state index in [2.05, 4.69) is 24.1 Å². The third-order valence-electron chi connectivity index (χ3n) is 10.7. The number of esters is 2. The molecule has 1 aliphatic heterocycles. The Morgan fingerprint density at radius 1 is 0.571 bits per heavy atom. The molecule has 0 amide bonds. The highest BCUT2D eigenvalue weighted by Crippen LogP contribution is 2.43. The fourth-order valence-electron chi connectivity index (χ4n) is 6.85. The van der Waals surface area contributed by atoms with Gasteiger partial charge in [-0.15, -0.1) is 0 Å². The van der Waals surface area contributed by atoms with Gasteiger partial charge in [0.15, 0.2) is 11.8 Å². The number of nitrogens with zero attached hydrogens (tertiary/aromatic N) is 3. The zero-order chi connectivity index (χ0) is 41.2. The van der Waals surface area contributed by atoms with Crippen molar-refractivity contribution >= 4 is 19.8 Å². The number of carbonyl (C=O) groups excluding carboxylic acids is 2. The summed E-state index contributed by atoms with van der Waals surface area (Å²) in [6, 6.07) is 0. The normalized spacial score (nSPS) is 15.1. The molecule has 0 saturated carbocycles. The molecule has 0 aliphatic carbocycles. The van der Waals surface area contributed by atoms with Gasteiger partial charge in [-0.2, -0.15) is 10.2 Å². The molecule has 1 N–H and O–H groups in total. The highest BCUT2D eigenvalue weighted by molar-refractivity contribution is 7.47. The van der Waals surface area contributed by atoms with Gasteiger partial charge >= 0.3 is 19.8 Å². The molecule has 0 aromatic heterocycles. The van der Waals surface area contributed by atoms with Crippen LogP contribution in [-0.2, 0) is 32.7 Å². The summed E-state index contributed by atoms with van der Waals surface area (Å²) in [4.78, 5) is 35.4. The number of quaternary nitrogens is 1. The van der Waals surface area contributed by atoms with Crippen molar-refractivity contribution in [3.63, 3.8) is 0 Å². The number of rotatable bonds is 42. The Balaban J connectivity index is 2.24. The van der Waals surface area contributed by atoms with Gasteiger partial charge < -0.3 is 18.9 Å². The number of ether oxygens (including phenoxy) is 2. The van der Waals surface area contributed by atoms with Crippen molar-refractivity contribution in [3.05, 3.63) is 0 Å². The predicted molar refractivity (Wildman–Crippen MR) is 228 cm³/mol. The van der Waals surface area contributed by atoms with Crippen molar-refractivity contribution in [2.24, 2.45) is 10.2 Å². The molecule has 0 aromatic rings. The van der Waals surface area contributed by atoms with E-state index in [1.54, 1.807) is 0 Å². The van der Waals surface area contributed by atoms with Crippen LogP contribution in [-0.4, -0.2) is 80.6 Å². The molecule has 0 fully saturated rings. The van der Waals surface area contributed by atoms with E-state index in [0.717, 1.165) is 51.4 Å². The second-order valence-corrected chi connectivity index (χ2v) is 18.9. The zero-order valence-electron chi connectivity index (χ0n) is 36.9. The van der Waals surface area contributed by atoms with Gasteiger partial charge in [-0.1, -0.05) is 162 Å². The van der Waals surface area contributed by atoms with Crippen LogP contribution < -0.4 is 0 Å².